The molecular weight excluding hydrogens is 256 g/mol. The lowest BCUT2D eigenvalue weighted by atomic mass is 9.98. The number of hydrogen-bond acceptors (Lipinski definition) is 3. The van der Waals surface area contributed by atoms with Crippen LogP contribution in [-0.4, -0.2) is 24.7 Å². The monoisotopic (exact) mass is 278 g/mol. The van der Waals surface area contributed by atoms with Crippen LogP contribution in [0.2, 0.25) is 0 Å². The van der Waals surface area contributed by atoms with Crippen molar-refractivity contribution in [3.8, 4) is 0 Å². The molecule has 0 aromatic rings. The molecule has 0 bridgehead atoms. The quantitative estimate of drug-likeness (QED) is 0.746. The predicted octanol–water partition coefficient (Wildman–Crippen LogP) is 1.41. The van der Waals surface area contributed by atoms with Crippen LogP contribution in [0.4, 0.5) is 0 Å². The molecule has 4 atom stereocenters. The normalized spacial score (nSPS) is 31.4. The SMILES string of the molecule is CCC(C(N)=S)S(=O)(=O)NC1CCC(C)C1C. The van der Waals surface area contributed by atoms with Crippen LogP contribution in [0.15, 0.2) is 0 Å². The Morgan fingerprint density at radius 2 is 2.06 bits per heavy atom. The zero-order chi connectivity index (χ0) is 13.2. The highest BCUT2D eigenvalue weighted by atomic mass is 32.2. The highest BCUT2D eigenvalue weighted by molar-refractivity contribution is 7.93. The second kappa shape index (κ2) is 5.63. The highest BCUT2D eigenvalue weighted by Gasteiger charge is 2.35. The molecule has 4 unspecified atom stereocenters. The number of rotatable bonds is 5. The fourth-order valence-electron chi connectivity index (χ4n) is 2.40. The maximum atomic E-state index is 12.1. The van der Waals surface area contributed by atoms with Gasteiger partial charge in [-0.05, 0) is 31.1 Å². The van der Waals surface area contributed by atoms with E-state index in [1.165, 1.54) is 0 Å². The van der Waals surface area contributed by atoms with Gasteiger partial charge in [0.2, 0.25) is 10.0 Å². The van der Waals surface area contributed by atoms with E-state index in [0.717, 1.165) is 12.8 Å². The molecule has 1 saturated carbocycles. The summed E-state index contributed by atoms with van der Waals surface area (Å²) in [6.07, 6.45) is 2.38. The Morgan fingerprint density at radius 3 is 2.41 bits per heavy atom. The van der Waals surface area contributed by atoms with Gasteiger partial charge >= 0.3 is 0 Å². The van der Waals surface area contributed by atoms with E-state index in [9.17, 15) is 8.42 Å². The topological polar surface area (TPSA) is 72.2 Å². The molecule has 100 valence electrons. The van der Waals surface area contributed by atoms with E-state index < -0.39 is 15.3 Å². The smallest absolute Gasteiger partial charge is 0.221 e. The molecule has 0 heterocycles. The first-order valence-corrected chi connectivity index (χ1v) is 8.05. The molecule has 0 aromatic carbocycles. The molecule has 0 aliphatic heterocycles. The Morgan fingerprint density at radius 1 is 1.47 bits per heavy atom. The van der Waals surface area contributed by atoms with Crippen molar-refractivity contribution < 1.29 is 8.42 Å². The van der Waals surface area contributed by atoms with E-state index in [-0.39, 0.29) is 11.0 Å². The van der Waals surface area contributed by atoms with Crippen LogP contribution < -0.4 is 10.5 Å². The lowest BCUT2D eigenvalue weighted by molar-refractivity contribution is 0.401. The summed E-state index contributed by atoms with van der Waals surface area (Å²) >= 11 is 4.82. The Labute approximate surface area is 109 Å². The lowest BCUT2D eigenvalue weighted by Gasteiger charge is -2.23. The maximum Gasteiger partial charge on any atom is 0.221 e. The van der Waals surface area contributed by atoms with Gasteiger partial charge in [-0.2, -0.15) is 0 Å². The van der Waals surface area contributed by atoms with E-state index >= 15 is 0 Å². The standard InChI is InChI=1S/C11H22N2O2S2/c1-4-10(11(12)16)17(14,15)13-9-6-5-7(2)8(9)3/h7-10,13H,4-6H2,1-3H3,(H2,12,16). The lowest BCUT2D eigenvalue weighted by Crippen LogP contribution is -2.46. The molecule has 17 heavy (non-hydrogen) atoms. The first-order chi connectivity index (χ1) is 7.79. The Balaban J connectivity index is 2.76. The van der Waals surface area contributed by atoms with Gasteiger partial charge in [-0.15, -0.1) is 0 Å². The number of thiocarbonyl (C=S) groups is 1. The van der Waals surface area contributed by atoms with Crippen LogP contribution in [0.1, 0.15) is 40.0 Å². The van der Waals surface area contributed by atoms with Crippen LogP contribution in [0, 0.1) is 11.8 Å². The number of nitrogens with two attached hydrogens (primary N) is 1. The summed E-state index contributed by atoms with van der Waals surface area (Å²) in [5.74, 6) is 0.932. The van der Waals surface area contributed by atoms with Gasteiger partial charge in [-0.1, -0.05) is 33.0 Å². The molecule has 1 aliphatic carbocycles. The van der Waals surface area contributed by atoms with Crippen molar-refractivity contribution in [2.45, 2.75) is 51.3 Å². The van der Waals surface area contributed by atoms with E-state index in [1.54, 1.807) is 6.92 Å². The highest BCUT2D eigenvalue weighted by Crippen LogP contribution is 2.31. The van der Waals surface area contributed by atoms with Crippen LogP contribution in [0.3, 0.4) is 0 Å². The number of hydrogen-bond donors (Lipinski definition) is 2. The molecule has 0 amide bonds. The minimum Gasteiger partial charge on any atom is -0.392 e. The average Bonchev–Trinajstić information content (AvgIpc) is 2.49. The number of nitrogens with one attached hydrogen (secondary N) is 1. The summed E-state index contributed by atoms with van der Waals surface area (Å²) in [7, 11) is -3.43. The second-order valence-electron chi connectivity index (χ2n) is 4.98. The van der Waals surface area contributed by atoms with Gasteiger partial charge in [-0.25, -0.2) is 13.1 Å². The third-order valence-electron chi connectivity index (χ3n) is 3.84. The fourth-order valence-corrected chi connectivity index (χ4v) is 4.61. The summed E-state index contributed by atoms with van der Waals surface area (Å²) in [6.45, 7) is 6.03. The molecule has 4 nitrogen and oxygen atoms in total. The second-order valence-corrected chi connectivity index (χ2v) is 7.35. The van der Waals surface area contributed by atoms with Crippen LogP contribution in [0.25, 0.3) is 0 Å². The summed E-state index contributed by atoms with van der Waals surface area (Å²) < 4.78 is 27.0. The molecule has 1 aliphatic rings. The summed E-state index contributed by atoms with van der Waals surface area (Å²) in [5.41, 5.74) is 5.48. The third kappa shape index (κ3) is 3.39. The summed E-state index contributed by atoms with van der Waals surface area (Å²) in [4.78, 5) is 0.0544. The fraction of sp³-hybridized carbons (Fsp3) is 0.909. The largest absolute Gasteiger partial charge is 0.392 e. The zero-order valence-corrected chi connectivity index (χ0v) is 12.3. The molecular formula is C11H22N2O2S2. The van der Waals surface area contributed by atoms with E-state index in [1.807, 2.05) is 0 Å². The van der Waals surface area contributed by atoms with Gasteiger partial charge in [0.05, 0.1) is 4.99 Å². The van der Waals surface area contributed by atoms with Gasteiger partial charge in [-0.3, -0.25) is 0 Å². The predicted molar refractivity (Wildman–Crippen MR) is 74.3 cm³/mol. The Kier molecular flexibility index (Phi) is 4.92. The van der Waals surface area contributed by atoms with Gasteiger partial charge < -0.3 is 5.73 Å². The molecule has 0 saturated heterocycles. The van der Waals surface area contributed by atoms with Crippen LogP contribution in [-0.2, 0) is 10.0 Å². The molecule has 6 heteroatoms. The van der Waals surface area contributed by atoms with Crippen molar-refractivity contribution in [2.75, 3.05) is 0 Å². The molecule has 0 radical (unpaired) electrons. The van der Waals surface area contributed by atoms with Gasteiger partial charge in [0.25, 0.3) is 0 Å². The van der Waals surface area contributed by atoms with Crippen molar-refractivity contribution in [3.63, 3.8) is 0 Å². The van der Waals surface area contributed by atoms with E-state index in [4.69, 9.17) is 18.0 Å². The molecule has 0 aromatic heterocycles. The minimum atomic E-state index is -3.43. The first-order valence-electron chi connectivity index (χ1n) is 6.10. The molecule has 1 rings (SSSR count). The first kappa shape index (κ1) is 14.9. The molecule has 0 spiro atoms. The Hall–Kier alpha value is -0.200. The average molecular weight is 278 g/mol. The van der Waals surface area contributed by atoms with Gasteiger partial charge in [0.1, 0.15) is 5.25 Å². The van der Waals surface area contributed by atoms with Crippen LogP contribution in [0.5, 0.6) is 0 Å². The van der Waals surface area contributed by atoms with Crippen molar-refractivity contribution in [1.82, 2.24) is 4.72 Å². The maximum absolute atomic E-state index is 12.1. The van der Waals surface area contributed by atoms with E-state index in [0.29, 0.717) is 18.3 Å². The number of sulfonamides is 1. The van der Waals surface area contributed by atoms with Gasteiger partial charge in [0.15, 0.2) is 0 Å². The Bertz CT molecular complexity index is 381. The van der Waals surface area contributed by atoms with Gasteiger partial charge in [0, 0.05) is 6.04 Å². The van der Waals surface area contributed by atoms with Crippen LogP contribution >= 0.6 is 12.2 Å². The molecule has 3 N–H and O–H groups in total. The van der Waals surface area contributed by atoms with E-state index in [2.05, 4.69) is 18.6 Å². The third-order valence-corrected chi connectivity index (χ3v) is 6.24. The minimum absolute atomic E-state index is 0.0263. The van der Waals surface area contributed by atoms with Crippen molar-refractivity contribution in [1.29, 1.82) is 0 Å². The zero-order valence-electron chi connectivity index (χ0n) is 10.6. The molecule has 1 fully saturated rings. The summed E-state index contributed by atoms with van der Waals surface area (Å²) in [5, 5.41) is -0.749. The van der Waals surface area contributed by atoms with Crippen molar-refractivity contribution in [3.05, 3.63) is 0 Å². The van der Waals surface area contributed by atoms with Crippen molar-refractivity contribution >= 4 is 27.2 Å². The summed E-state index contributed by atoms with van der Waals surface area (Å²) in [6, 6.07) is 0.0263. The van der Waals surface area contributed by atoms with Crippen molar-refractivity contribution in [2.24, 2.45) is 17.6 Å².